The van der Waals surface area contributed by atoms with Crippen molar-refractivity contribution in [3.63, 3.8) is 0 Å². The number of hydrogen-bond acceptors (Lipinski definition) is 4. The number of aromatic amines is 1. The van der Waals surface area contributed by atoms with Crippen LogP contribution in [-0.2, 0) is 44.2 Å². The van der Waals surface area contributed by atoms with Crippen molar-refractivity contribution in [1.82, 2.24) is 29.4 Å². The molecule has 0 spiro atoms. The van der Waals surface area contributed by atoms with Crippen molar-refractivity contribution in [3.8, 4) is 0 Å². The molecule has 0 unspecified atom stereocenters. The zero-order valence-corrected chi connectivity index (χ0v) is 15.5. The van der Waals surface area contributed by atoms with Crippen LogP contribution in [0, 0.1) is 5.92 Å². The number of aryl methyl sites for hydroxylation is 3. The largest absolute Gasteiger partial charge is 0.345 e. The van der Waals surface area contributed by atoms with Gasteiger partial charge in [0.15, 0.2) is 0 Å². The molecule has 0 saturated heterocycles. The standard InChI is InChI=1S/C18H26N6O2/c1-22(11-15-13-6-4-3-5-7-14(13)19-20-15)17(25)12-8-9-16-21-23(2)18(26)24(16)10-12/h12H,3-11H2,1-2H3,(H,19,20)/t12-/m0/s1. The van der Waals surface area contributed by atoms with Gasteiger partial charge in [0, 0.05) is 32.8 Å². The summed E-state index contributed by atoms with van der Waals surface area (Å²) < 4.78 is 2.99. The van der Waals surface area contributed by atoms with Crippen LogP contribution in [0.15, 0.2) is 4.79 Å². The van der Waals surface area contributed by atoms with E-state index in [1.54, 1.807) is 16.5 Å². The van der Waals surface area contributed by atoms with Crippen molar-refractivity contribution in [2.24, 2.45) is 13.0 Å². The van der Waals surface area contributed by atoms with Gasteiger partial charge in [0.1, 0.15) is 5.82 Å². The average molecular weight is 358 g/mol. The molecule has 4 rings (SSSR count). The SMILES string of the molecule is CN(Cc1n[nH]c2c1CCCCC2)C(=O)[C@H]1CCc2nn(C)c(=O)n2C1. The minimum absolute atomic E-state index is 0.0803. The Kier molecular flexibility index (Phi) is 4.42. The maximum Gasteiger partial charge on any atom is 0.345 e. The first-order valence-electron chi connectivity index (χ1n) is 9.47. The van der Waals surface area contributed by atoms with Crippen molar-refractivity contribution in [3.05, 3.63) is 33.3 Å². The molecule has 1 aliphatic carbocycles. The molecule has 0 fully saturated rings. The summed E-state index contributed by atoms with van der Waals surface area (Å²) in [6.45, 7) is 0.944. The zero-order valence-electron chi connectivity index (χ0n) is 15.5. The van der Waals surface area contributed by atoms with E-state index in [9.17, 15) is 9.59 Å². The Morgan fingerprint density at radius 3 is 2.92 bits per heavy atom. The first kappa shape index (κ1) is 17.1. The fraction of sp³-hybridized carbons (Fsp3) is 0.667. The highest BCUT2D eigenvalue weighted by Crippen LogP contribution is 2.24. The van der Waals surface area contributed by atoms with Gasteiger partial charge in [0.25, 0.3) is 0 Å². The highest BCUT2D eigenvalue weighted by Gasteiger charge is 2.30. The Morgan fingerprint density at radius 2 is 2.08 bits per heavy atom. The molecule has 1 atom stereocenters. The summed E-state index contributed by atoms with van der Waals surface area (Å²) in [6, 6.07) is 0. The molecule has 0 aromatic carbocycles. The summed E-state index contributed by atoms with van der Waals surface area (Å²) in [5, 5.41) is 11.9. The van der Waals surface area contributed by atoms with Crippen LogP contribution in [0.2, 0.25) is 0 Å². The third kappa shape index (κ3) is 2.97. The topological polar surface area (TPSA) is 88.8 Å². The molecule has 140 valence electrons. The maximum atomic E-state index is 12.9. The lowest BCUT2D eigenvalue weighted by Crippen LogP contribution is -2.39. The summed E-state index contributed by atoms with van der Waals surface area (Å²) >= 11 is 0. The number of nitrogens with one attached hydrogen (secondary N) is 1. The third-order valence-electron chi connectivity index (χ3n) is 5.71. The number of carbonyl (C=O) groups is 1. The molecule has 3 heterocycles. The number of H-pyrrole nitrogens is 1. The third-order valence-corrected chi connectivity index (χ3v) is 5.71. The molecule has 0 radical (unpaired) electrons. The van der Waals surface area contributed by atoms with Gasteiger partial charge in [-0.15, -0.1) is 0 Å². The van der Waals surface area contributed by atoms with E-state index in [1.165, 1.54) is 35.2 Å². The van der Waals surface area contributed by atoms with Crippen LogP contribution in [0.4, 0.5) is 0 Å². The quantitative estimate of drug-likeness (QED) is 0.822. The van der Waals surface area contributed by atoms with E-state index >= 15 is 0 Å². The molecule has 0 saturated carbocycles. The van der Waals surface area contributed by atoms with Crippen molar-refractivity contribution in [1.29, 1.82) is 0 Å². The van der Waals surface area contributed by atoms with Gasteiger partial charge in [0.05, 0.1) is 18.2 Å². The highest BCUT2D eigenvalue weighted by molar-refractivity contribution is 5.78. The van der Waals surface area contributed by atoms with Crippen LogP contribution >= 0.6 is 0 Å². The highest BCUT2D eigenvalue weighted by atomic mass is 16.2. The molecule has 8 heteroatoms. The summed E-state index contributed by atoms with van der Waals surface area (Å²) in [5.41, 5.74) is 3.39. The van der Waals surface area contributed by atoms with Gasteiger partial charge in [-0.05, 0) is 37.7 Å². The molecular weight excluding hydrogens is 332 g/mol. The summed E-state index contributed by atoms with van der Waals surface area (Å²) in [4.78, 5) is 26.8. The summed E-state index contributed by atoms with van der Waals surface area (Å²) in [7, 11) is 3.49. The molecule has 1 aliphatic heterocycles. The second-order valence-corrected chi connectivity index (χ2v) is 7.55. The zero-order chi connectivity index (χ0) is 18.3. The van der Waals surface area contributed by atoms with Gasteiger partial charge < -0.3 is 4.90 Å². The Labute approximate surface area is 152 Å². The molecule has 1 N–H and O–H groups in total. The van der Waals surface area contributed by atoms with E-state index in [1.807, 2.05) is 7.05 Å². The molecule has 0 bridgehead atoms. The number of hydrogen-bond donors (Lipinski definition) is 1. The fourth-order valence-electron chi connectivity index (χ4n) is 4.21. The van der Waals surface area contributed by atoms with Crippen LogP contribution in [-0.4, -0.2) is 42.4 Å². The number of nitrogens with zero attached hydrogens (tertiary/aromatic N) is 5. The Bertz CT molecular complexity index is 877. The lowest BCUT2D eigenvalue weighted by molar-refractivity contribution is -0.135. The van der Waals surface area contributed by atoms with E-state index < -0.39 is 0 Å². The van der Waals surface area contributed by atoms with Gasteiger partial charge in [-0.25, -0.2) is 9.48 Å². The Balaban J connectivity index is 1.46. The lowest BCUT2D eigenvalue weighted by atomic mass is 9.97. The van der Waals surface area contributed by atoms with Crippen molar-refractivity contribution < 1.29 is 4.79 Å². The van der Waals surface area contributed by atoms with Crippen LogP contribution in [0.1, 0.15) is 48.5 Å². The second kappa shape index (κ2) is 6.74. The second-order valence-electron chi connectivity index (χ2n) is 7.55. The fourth-order valence-corrected chi connectivity index (χ4v) is 4.21. The van der Waals surface area contributed by atoms with Crippen LogP contribution in [0.25, 0.3) is 0 Å². The van der Waals surface area contributed by atoms with Gasteiger partial charge in [-0.2, -0.15) is 10.2 Å². The number of amides is 1. The van der Waals surface area contributed by atoms with E-state index in [4.69, 9.17) is 0 Å². The van der Waals surface area contributed by atoms with Crippen molar-refractivity contribution >= 4 is 5.91 Å². The van der Waals surface area contributed by atoms with E-state index in [-0.39, 0.29) is 17.5 Å². The molecule has 1 amide bonds. The Morgan fingerprint density at radius 1 is 1.27 bits per heavy atom. The maximum absolute atomic E-state index is 12.9. The summed E-state index contributed by atoms with van der Waals surface area (Å²) in [6.07, 6.45) is 7.13. The smallest absolute Gasteiger partial charge is 0.339 e. The normalized spacial score (nSPS) is 19.5. The number of fused-ring (bicyclic) bond motifs is 2. The van der Waals surface area contributed by atoms with Gasteiger partial charge >= 0.3 is 5.69 Å². The minimum Gasteiger partial charge on any atom is -0.339 e. The predicted molar refractivity (Wildman–Crippen MR) is 95.6 cm³/mol. The molecule has 8 nitrogen and oxygen atoms in total. The minimum atomic E-state index is -0.174. The van der Waals surface area contributed by atoms with Crippen LogP contribution < -0.4 is 5.69 Å². The molecule has 26 heavy (non-hydrogen) atoms. The molecule has 2 aromatic heterocycles. The van der Waals surface area contributed by atoms with E-state index in [0.717, 1.165) is 30.8 Å². The first-order valence-corrected chi connectivity index (χ1v) is 9.47. The molecule has 2 aliphatic rings. The number of rotatable bonds is 3. The van der Waals surface area contributed by atoms with Gasteiger partial charge in [-0.3, -0.25) is 14.5 Å². The monoisotopic (exact) mass is 358 g/mol. The molecular formula is C18H26N6O2. The van der Waals surface area contributed by atoms with Gasteiger partial charge in [-0.1, -0.05) is 6.42 Å². The average Bonchev–Trinajstić information content (AvgIpc) is 3.04. The van der Waals surface area contributed by atoms with Crippen molar-refractivity contribution in [2.75, 3.05) is 7.05 Å². The number of aromatic nitrogens is 5. The van der Waals surface area contributed by atoms with Crippen LogP contribution in [0.5, 0.6) is 0 Å². The summed E-state index contributed by atoms with van der Waals surface area (Å²) in [5.74, 6) is 0.686. The van der Waals surface area contributed by atoms with Crippen LogP contribution in [0.3, 0.4) is 0 Å². The Hall–Kier alpha value is -2.38. The van der Waals surface area contributed by atoms with E-state index in [2.05, 4.69) is 15.3 Å². The predicted octanol–water partition coefficient (Wildman–Crippen LogP) is 0.795. The van der Waals surface area contributed by atoms with Gasteiger partial charge in [0.2, 0.25) is 5.91 Å². The van der Waals surface area contributed by atoms with E-state index in [0.29, 0.717) is 19.5 Å². The lowest BCUT2D eigenvalue weighted by Gasteiger charge is -2.26. The molecule has 2 aromatic rings. The first-order chi connectivity index (χ1) is 12.5. The van der Waals surface area contributed by atoms with Crippen molar-refractivity contribution in [2.45, 2.75) is 58.0 Å². The number of carbonyl (C=O) groups excluding carboxylic acids is 1.